The van der Waals surface area contributed by atoms with Gasteiger partial charge < -0.3 is 16.0 Å². The topological polar surface area (TPSA) is 78.4 Å². The van der Waals surface area contributed by atoms with Crippen molar-refractivity contribution in [1.29, 1.82) is 0 Å². The molecule has 1 aromatic heterocycles. The van der Waals surface area contributed by atoms with Crippen LogP contribution in [0.15, 0.2) is 34.6 Å². The standard InChI is InChI=1S/C19H24F3N5OS.HI/c1-4-23-18(25-10-16-27-15(11-29-16)19(20,21)22)24-9-13-5-7-14(8-6-13)26-17(28)12(2)3;/h5-8,11-12H,4,9-10H2,1-3H3,(H,26,28)(H2,23,24,25);1H. The molecule has 0 saturated heterocycles. The number of nitrogens with zero attached hydrogens (tertiary/aromatic N) is 2. The summed E-state index contributed by atoms with van der Waals surface area (Å²) >= 11 is 0.948. The van der Waals surface area contributed by atoms with Gasteiger partial charge in [0.25, 0.3) is 0 Å². The van der Waals surface area contributed by atoms with E-state index in [2.05, 4.69) is 25.9 Å². The van der Waals surface area contributed by atoms with E-state index in [-0.39, 0.29) is 42.3 Å². The molecule has 3 N–H and O–H groups in total. The maximum absolute atomic E-state index is 12.6. The van der Waals surface area contributed by atoms with Crippen LogP contribution in [0, 0.1) is 5.92 Å². The van der Waals surface area contributed by atoms with Gasteiger partial charge >= 0.3 is 6.18 Å². The lowest BCUT2D eigenvalue weighted by atomic mass is 10.2. The molecule has 166 valence electrons. The van der Waals surface area contributed by atoms with Crippen molar-refractivity contribution < 1.29 is 18.0 Å². The van der Waals surface area contributed by atoms with Gasteiger partial charge in [0.15, 0.2) is 11.7 Å². The number of benzene rings is 1. The number of alkyl halides is 3. The number of anilines is 1. The third-order valence-electron chi connectivity index (χ3n) is 3.76. The molecule has 1 amide bonds. The molecular formula is C19H25F3IN5OS. The van der Waals surface area contributed by atoms with E-state index in [9.17, 15) is 18.0 Å². The molecule has 0 saturated carbocycles. The van der Waals surface area contributed by atoms with Crippen LogP contribution < -0.4 is 16.0 Å². The predicted molar refractivity (Wildman–Crippen MR) is 124 cm³/mol. The highest BCUT2D eigenvalue weighted by Gasteiger charge is 2.33. The molecule has 0 spiro atoms. The van der Waals surface area contributed by atoms with Crippen LogP contribution in [0.2, 0.25) is 0 Å². The second kappa shape index (κ2) is 12.1. The van der Waals surface area contributed by atoms with Gasteiger partial charge in [-0.15, -0.1) is 35.3 Å². The Morgan fingerprint density at radius 1 is 1.20 bits per heavy atom. The summed E-state index contributed by atoms with van der Waals surface area (Å²) in [6.45, 7) is 6.67. The van der Waals surface area contributed by atoms with Gasteiger partial charge in [-0.25, -0.2) is 9.98 Å². The summed E-state index contributed by atoms with van der Waals surface area (Å²) in [4.78, 5) is 19.7. The third kappa shape index (κ3) is 8.46. The van der Waals surface area contributed by atoms with Gasteiger partial charge in [-0.1, -0.05) is 26.0 Å². The molecule has 0 bridgehead atoms. The molecule has 0 fully saturated rings. The van der Waals surface area contributed by atoms with Crippen molar-refractivity contribution in [2.24, 2.45) is 10.9 Å². The van der Waals surface area contributed by atoms with Crippen LogP contribution in [0.4, 0.5) is 18.9 Å². The quantitative estimate of drug-likeness (QED) is 0.265. The Labute approximate surface area is 194 Å². The number of hydrogen-bond donors (Lipinski definition) is 3. The number of carbonyl (C=O) groups excluding carboxylic acids is 1. The lowest BCUT2D eigenvalue weighted by molar-refractivity contribution is -0.140. The first-order valence-corrected chi connectivity index (χ1v) is 10.0. The first-order chi connectivity index (χ1) is 13.7. The summed E-state index contributed by atoms with van der Waals surface area (Å²) in [5, 5.41) is 10.2. The van der Waals surface area contributed by atoms with E-state index in [0.717, 1.165) is 22.3 Å². The number of nitrogens with one attached hydrogen (secondary N) is 3. The molecule has 2 rings (SSSR count). The van der Waals surface area contributed by atoms with Crippen LogP contribution in [0.5, 0.6) is 0 Å². The monoisotopic (exact) mass is 555 g/mol. The first-order valence-electron chi connectivity index (χ1n) is 9.12. The molecular weight excluding hydrogens is 530 g/mol. The lowest BCUT2D eigenvalue weighted by Crippen LogP contribution is -2.36. The zero-order chi connectivity index (χ0) is 21.4. The van der Waals surface area contributed by atoms with Gasteiger partial charge in [-0.2, -0.15) is 13.2 Å². The largest absolute Gasteiger partial charge is 0.434 e. The smallest absolute Gasteiger partial charge is 0.357 e. The normalized spacial score (nSPS) is 11.8. The molecule has 1 aromatic carbocycles. The minimum Gasteiger partial charge on any atom is -0.357 e. The summed E-state index contributed by atoms with van der Waals surface area (Å²) in [6.07, 6.45) is -4.44. The first kappa shape index (κ1) is 26.1. The number of aliphatic imine (C=N–C) groups is 1. The van der Waals surface area contributed by atoms with E-state index < -0.39 is 11.9 Å². The highest BCUT2D eigenvalue weighted by molar-refractivity contribution is 14.0. The number of guanidine groups is 1. The van der Waals surface area contributed by atoms with Gasteiger partial charge in [0.05, 0.1) is 13.1 Å². The Morgan fingerprint density at radius 3 is 2.40 bits per heavy atom. The molecule has 0 aliphatic heterocycles. The number of rotatable bonds is 7. The summed E-state index contributed by atoms with van der Waals surface area (Å²) in [6, 6.07) is 7.33. The van der Waals surface area contributed by atoms with Gasteiger partial charge in [-0.05, 0) is 24.6 Å². The highest BCUT2D eigenvalue weighted by Crippen LogP contribution is 2.29. The van der Waals surface area contributed by atoms with Crippen molar-refractivity contribution in [3.63, 3.8) is 0 Å². The molecule has 0 unspecified atom stereocenters. The minimum absolute atomic E-state index is 0. The van der Waals surface area contributed by atoms with Gasteiger partial charge in [-0.3, -0.25) is 4.79 Å². The zero-order valence-electron chi connectivity index (χ0n) is 16.8. The molecule has 1 heterocycles. The molecule has 11 heteroatoms. The Bertz CT molecular complexity index is 837. The van der Waals surface area contributed by atoms with E-state index >= 15 is 0 Å². The van der Waals surface area contributed by atoms with Crippen LogP contribution in [-0.2, 0) is 24.1 Å². The molecule has 0 radical (unpaired) electrons. The number of hydrogen-bond acceptors (Lipinski definition) is 4. The average Bonchev–Trinajstić information content (AvgIpc) is 3.14. The minimum atomic E-state index is -4.44. The van der Waals surface area contributed by atoms with Gasteiger partial charge in [0.2, 0.25) is 5.91 Å². The van der Waals surface area contributed by atoms with E-state index in [4.69, 9.17) is 0 Å². The average molecular weight is 555 g/mol. The maximum Gasteiger partial charge on any atom is 0.434 e. The fourth-order valence-electron chi connectivity index (χ4n) is 2.17. The fourth-order valence-corrected chi connectivity index (χ4v) is 2.91. The van der Waals surface area contributed by atoms with E-state index in [1.54, 1.807) is 12.1 Å². The second-order valence-electron chi connectivity index (χ2n) is 6.51. The Morgan fingerprint density at radius 2 is 1.87 bits per heavy atom. The van der Waals surface area contributed by atoms with Crippen molar-refractivity contribution in [2.45, 2.75) is 40.0 Å². The van der Waals surface area contributed by atoms with Crippen molar-refractivity contribution in [1.82, 2.24) is 15.6 Å². The van der Waals surface area contributed by atoms with Gasteiger partial charge in [0.1, 0.15) is 5.01 Å². The van der Waals surface area contributed by atoms with Crippen molar-refractivity contribution in [2.75, 3.05) is 11.9 Å². The number of halogens is 4. The van der Waals surface area contributed by atoms with Crippen molar-refractivity contribution in [3.05, 3.63) is 45.9 Å². The predicted octanol–water partition coefficient (Wildman–Crippen LogP) is 4.63. The van der Waals surface area contributed by atoms with Crippen LogP contribution in [0.3, 0.4) is 0 Å². The van der Waals surface area contributed by atoms with Crippen LogP contribution in [0.1, 0.15) is 37.0 Å². The van der Waals surface area contributed by atoms with E-state index in [1.807, 2.05) is 32.9 Å². The SMILES string of the molecule is CCNC(=NCc1ccc(NC(=O)C(C)C)cc1)NCc1nc(C(F)(F)F)cs1.I. The van der Waals surface area contributed by atoms with Crippen LogP contribution >= 0.6 is 35.3 Å². The number of aromatic nitrogens is 1. The van der Waals surface area contributed by atoms with Crippen LogP contribution in [-0.4, -0.2) is 23.4 Å². The van der Waals surface area contributed by atoms with Gasteiger partial charge in [0, 0.05) is 23.5 Å². The van der Waals surface area contributed by atoms with E-state index in [1.165, 1.54) is 0 Å². The Balaban J connectivity index is 0.00000450. The maximum atomic E-state index is 12.6. The summed E-state index contributed by atoms with van der Waals surface area (Å²) in [7, 11) is 0. The third-order valence-corrected chi connectivity index (χ3v) is 4.61. The molecule has 0 aliphatic carbocycles. The molecule has 0 aliphatic rings. The van der Waals surface area contributed by atoms with E-state index in [0.29, 0.717) is 29.7 Å². The number of thiazole rings is 1. The molecule has 0 atom stereocenters. The lowest BCUT2D eigenvalue weighted by Gasteiger charge is -2.11. The summed E-state index contributed by atoms with van der Waals surface area (Å²) < 4.78 is 37.9. The molecule has 2 aromatic rings. The molecule has 30 heavy (non-hydrogen) atoms. The number of carbonyl (C=O) groups is 1. The highest BCUT2D eigenvalue weighted by atomic mass is 127. The zero-order valence-corrected chi connectivity index (χ0v) is 20.0. The van der Waals surface area contributed by atoms with Crippen molar-refractivity contribution in [3.8, 4) is 0 Å². The Hall–Kier alpha value is -1.89. The van der Waals surface area contributed by atoms with Crippen LogP contribution in [0.25, 0.3) is 0 Å². The van der Waals surface area contributed by atoms with Crippen molar-refractivity contribution >= 4 is 52.9 Å². The Kier molecular flexibility index (Phi) is 10.5. The second-order valence-corrected chi connectivity index (χ2v) is 7.46. The molecule has 6 nitrogen and oxygen atoms in total. The summed E-state index contributed by atoms with van der Waals surface area (Å²) in [5.74, 6) is 0.330. The summed E-state index contributed by atoms with van der Waals surface area (Å²) in [5.41, 5.74) is 0.759. The fraction of sp³-hybridized carbons (Fsp3) is 0.421. The number of amides is 1.